The summed E-state index contributed by atoms with van der Waals surface area (Å²) in [5, 5.41) is 2.21. The lowest BCUT2D eigenvalue weighted by atomic mass is 10.0. The molecule has 0 radical (unpaired) electrons. The number of fused-ring (bicyclic) bond motifs is 1. The lowest BCUT2D eigenvalue weighted by molar-refractivity contribution is 0.104. The Balaban J connectivity index is 1.87. The highest BCUT2D eigenvalue weighted by molar-refractivity contribution is 6.08. The second-order valence-electron chi connectivity index (χ2n) is 4.51. The van der Waals surface area contributed by atoms with Crippen molar-refractivity contribution in [1.82, 2.24) is 4.98 Å². The number of rotatable bonds is 3. The monoisotopic (exact) mass is 259 g/mol. The first kappa shape index (κ1) is 12.3. The van der Waals surface area contributed by atoms with E-state index in [4.69, 9.17) is 0 Å². The topological polar surface area (TPSA) is 30.0 Å². The van der Waals surface area contributed by atoms with Crippen LogP contribution in [0.5, 0.6) is 0 Å². The average molecular weight is 259 g/mol. The molecule has 96 valence electrons. The highest BCUT2D eigenvalue weighted by atomic mass is 16.1. The van der Waals surface area contributed by atoms with Crippen LogP contribution in [0.3, 0.4) is 0 Å². The summed E-state index contributed by atoms with van der Waals surface area (Å²) in [4.78, 5) is 16.3. The van der Waals surface area contributed by atoms with Gasteiger partial charge in [-0.1, -0.05) is 42.5 Å². The number of aromatic nitrogens is 1. The summed E-state index contributed by atoms with van der Waals surface area (Å²) >= 11 is 0. The minimum Gasteiger partial charge on any atom is -0.289 e. The molecular formula is C18H13NO. The first-order chi connectivity index (χ1) is 9.83. The molecule has 3 rings (SSSR count). The maximum atomic E-state index is 12.1. The molecule has 0 unspecified atom stereocenters. The summed E-state index contributed by atoms with van der Waals surface area (Å²) in [6.07, 6.45) is 5.00. The number of carbonyl (C=O) groups excluding carboxylic acids is 1. The van der Waals surface area contributed by atoms with Crippen LogP contribution in [-0.4, -0.2) is 10.8 Å². The standard InChI is InChI=1S/C18H13NO/c20-18(11-10-17-7-3-4-12-19-17)16-9-8-14-5-1-2-6-15(14)13-16/h1-13H/b11-10+. The van der Waals surface area contributed by atoms with Gasteiger partial charge in [-0.05, 0) is 41.1 Å². The Morgan fingerprint density at radius 2 is 1.70 bits per heavy atom. The Hall–Kier alpha value is -2.74. The highest BCUT2D eigenvalue weighted by Gasteiger charge is 2.02. The van der Waals surface area contributed by atoms with Crippen LogP contribution in [0.25, 0.3) is 16.8 Å². The number of nitrogens with zero attached hydrogens (tertiary/aromatic N) is 1. The Bertz CT molecular complexity index is 776. The number of hydrogen-bond donors (Lipinski definition) is 0. The maximum Gasteiger partial charge on any atom is 0.185 e. The second-order valence-corrected chi connectivity index (χ2v) is 4.51. The number of hydrogen-bond acceptors (Lipinski definition) is 2. The molecule has 2 heteroatoms. The number of allylic oxidation sites excluding steroid dienone is 1. The minimum atomic E-state index is -0.0126. The molecule has 3 aromatic rings. The summed E-state index contributed by atoms with van der Waals surface area (Å²) in [6.45, 7) is 0. The number of ketones is 1. The van der Waals surface area contributed by atoms with Crippen LogP contribution in [0.1, 0.15) is 16.1 Å². The molecule has 0 N–H and O–H groups in total. The fraction of sp³-hybridized carbons (Fsp3) is 0. The van der Waals surface area contributed by atoms with Gasteiger partial charge in [-0.15, -0.1) is 0 Å². The number of carbonyl (C=O) groups is 1. The Morgan fingerprint density at radius 3 is 2.50 bits per heavy atom. The van der Waals surface area contributed by atoms with Gasteiger partial charge in [0.2, 0.25) is 0 Å². The van der Waals surface area contributed by atoms with E-state index in [1.807, 2.05) is 60.7 Å². The number of pyridine rings is 1. The summed E-state index contributed by atoms with van der Waals surface area (Å²) < 4.78 is 0. The van der Waals surface area contributed by atoms with E-state index in [1.54, 1.807) is 18.3 Å². The Morgan fingerprint density at radius 1 is 0.900 bits per heavy atom. The van der Waals surface area contributed by atoms with E-state index in [1.165, 1.54) is 0 Å². The fourth-order valence-electron chi connectivity index (χ4n) is 2.07. The van der Waals surface area contributed by atoms with Gasteiger partial charge in [0.15, 0.2) is 5.78 Å². The molecule has 0 saturated carbocycles. The molecule has 0 atom stereocenters. The van der Waals surface area contributed by atoms with Crippen molar-refractivity contribution in [3.63, 3.8) is 0 Å². The smallest absolute Gasteiger partial charge is 0.185 e. The third-order valence-electron chi connectivity index (χ3n) is 3.13. The SMILES string of the molecule is O=C(/C=C/c1ccccn1)c1ccc2ccccc2c1. The molecule has 1 aromatic heterocycles. The predicted octanol–water partition coefficient (Wildman–Crippen LogP) is 4.13. The van der Waals surface area contributed by atoms with E-state index in [9.17, 15) is 4.79 Å². The minimum absolute atomic E-state index is 0.0126. The fourth-order valence-corrected chi connectivity index (χ4v) is 2.07. The van der Waals surface area contributed by atoms with Crippen LogP contribution in [0.4, 0.5) is 0 Å². The molecule has 1 heterocycles. The Kier molecular flexibility index (Phi) is 3.38. The van der Waals surface area contributed by atoms with Gasteiger partial charge in [-0.25, -0.2) is 0 Å². The quantitative estimate of drug-likeness (QED) is 0.523. The molecule has 0 amide bonds. The zero-order chi connectivity index (χ0) is 13.8. The zero-order valence-electron chi connectivity index (χ0n) is 10.9. The first-order valence-corrected chi connectivity index (χ1v) is 6.45. The van der Waals surface area contributed by atoms with Gasteiger partial charge in [0.05, 0.1) is 5.69 Å². The zero-order valence-corrected chi connectivity index (χ0v) is 10.9. The summed E-state index contributed by atoms with van der Waals surface area (Å²) in [7, 11) is 0. The van der Waals surface area contributed by atoms with Crippen molar-refractivity contribution in [2.75, 3.05) is 0 Å². The van der Waals surface area contributed by atoms with E-state index < -0.39 is 0 Å². The third kappa shape index (κ3) is 2.64. The highest BCUT2D eigenvalue weighted by Crippen LogP contribution is 2.16. The van der Waals surface area contributed by atoms with Crippen molar-refractivity contribution < 1.29 is 4.79 Å². The van der Waals surface area contributed by atoms with Crippen LogP contribution in [0, 0.1) is 0 Å². The van der Waals surface area contributed by atoms with Gasteiger partial charge >= 0.3 is 0 Å². The summed E-state index contributed by atoms with van der Waals surface area (Å²) in [5.74, 6) is -0.0126. The van der Waals surface area contributed by atoms with Gasteiger partial charge < -0.3 is 0 Å². The van der Waals surface area contributed by atoms with Crippen LogP contribution in [0.2, 0.25) is 0 Å². The van der Waals surface area contributed by atoms with Gasteiger partial charge in [0.1, 0.15) is 0 Å². The largest absolute Gasteiger partial charge is 0.289 e. The van der Waals surface area contributed by atoms with Crippen LogP contribution >= 0.6 is 0 Å². The lowest BCUT2D eigenvalue weighted by Gasteiger charge is -2.00. The van der Waals surface area contributed by atoms with Crippen molar-refractivity contribution >= 4 is 22.6 Å². The van der Waals surface area contributed by atoms with Crippen molar-refractivity contribution in [2.24, 2.45) is 0 Å². The molecule has 0 saturated heterocycles. The molecule has 0 aliphatic heterocycles. The summed E-state index contributed by atoms with van der Waals surface area (Å²) in [5.41, 5.74) is 1.47. The van der Waals surface area contributed by atoms with Crippen molar-refractivity contribution in [3.8, 4) is 0 Å². The lowest BCUT2D eigenvalue weighted by Crippen LogP contribution is -1.94. The molecule has 0 spiro atoms. The molecule has 0 aliphatic carbocycles. The average Bonchev–Trinajstić information content (AvgIpc) is 2.53. The van der Waals surface area contributed by atoms with Crippen LogP contribution < -0.4 is 0 Å². The molecule has 2 nitrogen and oxygen atoms in total. The number of benzene rings is 2. The van der Waals surface area contributed by atoms with Crippen LogP contribution in [-0.2, 0) is 0 Å². The first-order valence-electron chi connectivity index (χ1n) is 6.45. The molecule has 2 aromatic carbocycles. The normalized spacial score (nSPS) is 11.0. The third-order valence-corrected chi connectivity index (χ3v) is 3.13. The van der Waals surface area contributed by atoms with Gasteiger partial charge in [-0.3, -0.25) is 9.78 Å². The van der Waals surface area contributed by atoms with Crippen molar-refractivity contribution in [1.29, 1.82) is 0 Å². The maximum absolute atomic E-state index is 12.1. The molecule has 20 heavy (non-hydrogen) atoms. The molecule has 0 aliphatic rings. The van der Waals surface area contributed by atoms with Gasteiger partial charge in [-0.2, -0.15) is 0 Å². The molecule has 0 bridgehead atoms. The van der Waals surface area contributed by atoms with Crippen molar-refractivity contribution in [2.45, 2.75) is 0 Å². The van der Waals surface area contributed by atoms with Gasteiger partial charge in [0.25, 0.3) is 0 Å². The van der Waals surface area contributed by atoms with E-state index in [-0.39, 0.29) is 5.78 Å². The predicted molar refractivity (Wildman–Crippen MR) is 81.5 cm³/mol. The van der Waals surface area contributed by atoms with E-state index >= 15 is 0 Å². The van der Waals surface area contributed by atoms with E-state index in [0.717, 1.165) is 16.5 Å². The second kappa shape index (κ2) is 5.49. The molecular weight excluding hydrogens is 246 g/mol. The van der Waals surface area contributed by atoms with E-state index in [2.05, 4.69) is 4.98 Å². The summed E-state index contributed by atoms with van der Waals surface area (Å²) in [6, 6.07) is 19.4. The van der Waals surface area contributed by atoms with E-state index in [0.29, 0.717) is 5.56 Å². The van der Waals surface area contributed by atoms with Crippen LogP contribution in [0.15, 0.2) is 72.9 Å². The molecule has 0 fully saturated rings. The van der Waals surface area contributed by atoms with Crippen molar-refractivity contribution in [3.05, 3.63) is 84.2 Å². The van der Waals surface area contributed by atoms with Gasteiger partial charge in [0, 0.05) is 11.8 Å². The Labute approximate surface area is 117 Å².